The van der Waals surface area contributed by atoms with E-state index in [1.165, 1.54) is 11.8 Å². The van der Waals surface area contributed by atoms with Crippen LogP contribution in [0.1, 0.15) is 37.8 Å². The number of aryl methyl sites for hydroxylation is 1. The Hall–Kier alpha value is -2.83. The van der Waals surface area contributed by atoms with Gasteiger partial charge in [0.1, 0.15) is 16.7 Å². The minimum Gasteiger partial charge on any atom is -0.383 e. The van der Waals surface area contributed by atoms with Gasteiger partial charge in [0.25, 0.3) is 0 Å². The fraction of sp³-hybridized carbons (Fsp3) is 0.516. The van der Waals surface area contributed by atoms with Gasteiger partial charge in [-0.1, -0.05) is 42.8 Å². The zero-order valence-corrected chi connectivity index (χ0v) is 26.7. The SMILES string of the molecule is CCNCCNC(=O)CCCc1ccc(NC[C@H]2SC([C@H](N)C(=O)NCCNCc3ccc(Cl)cc3)N(CC)C2=O)cc1. The summed E-state index contributed by atoms with van der Waals surface area (Å²) >= 11 is 7.35. The first-order valence-electron chi connectivity index (χ1n) is 15.1. The molecule has 10 nitrogen and oxygen atoms in total. The van der Waals surface area contributed by atoms with Crippen molar-refractivity contribution >= 4 is 46.8 Å². The topological polar surface area (TPSA) is 141 Å². The van der Waals surface area contributed by atoms with Crippen LogP contribution in [-0.4, -0.2) is 85.1 Å². The maximum absolute atomic E-state index is 13.1. The van der Waals surface area contributed by atoms with E-state index in [1.54, 1.807) is 4.90 Å². The van der Waals surface area contributed by atoms with E-state index in [4.69, 9.17) is 17.3 Å². The van der Waals surface area contributed by atoms with Crippen LogP contribution in [0.2, 0.25) is 5.02 Å². The van der Waals surface area contributed by atoms with Crippen molar-refractivity contribution in [2.45, 2.75) is 56.3 Å². The van der Waals surface area contributed by atoms with Gasteiger partial charge in [-0.15, -0.1) is 11.8 Å². The molecule has 0 aromatic heterocycles. The number of hydrogen-bond acceptors (Lipinski definition) is 8. The summed E-state index contributed by atoms with van der Waals surface area (Å²) in [6.45, 7) is 8.88. The summed E-state index contributed by atoms with van der Waals surface area (Å²) in [5, 5.41) is 15.6. The number of thioether (sulfide) groups is 1. The zero-order chi connectivity index (χ0) is 31.0. The monoisotopic (exact) mass is 631 g/mol. The van der Waals surface area contributed by atoms with Gasteiger partial charge in [-0.3, -0.25) is 14.4 Å². The molecule has 0 aliphatic carbocycles. The minimum absolute atomic E-state index is 0.0155. The highest BCUT2D eigenvalue weighted by molar-refractivity contribution is 8.01. The Morgan fingerprint density at radius 1 is 0.953 bits per heavy atom. The van der Waals surface area contributed by atoms with E-state index in [2.05, 4.69) is 26.6 Å². The summed E-state index contributed by atoms with van der Waals surface area (Å²) < 4.78 is 0. The second-order valence-corrected chi connectivity index (χ2v) is 12.2. The van der Waals surface area contributed by atoms with E-state index in [9.17, 15) is 14.4 Å². The predicted molar refractivity (Wildman–Crippen MR) is 176 cm³/mol. The predicted octanol–water partition coefficient (Wildman–Crippen LogP) is 2.32. The highest BCUT2D eigenvalue weighted by Gasteiger charge is 2.44. The van der Waals surface area contributed by atoms with Crippen LogP contribution < -0.4 is 32.3 Å². The third kappa shape index (κ3) is 11.6. The molecule has 0 bridgehead atoms. The van der Waals surface area contributed by atoms with Crippen LogP contribution in [-0.2, 0) is 27.3 Å². The van der Waals surface area contributed by atoms with Gasteiger partial charge in [0.2, 0.25) is 17.7 Å². The van der Waals surface area contributed by atoms with Gasteiger partial charge in [-0.2, -0.15) is 0 Å². The Balaban J connectivity index is 1.37. The van der Waals surface area contributed by atoms with Gasteiger partial charge in [0, 0.05) is 62.9 Å². The number of benzene rings is 2. The van der Waals surface area contributed by atoms with Crippen molar-refractivity contribution in [1.29, 1.82) is 0 Å². The van der Waals surface area contributed by atoms with Crippen LogP contribution in [0.4, 0.5) is 5.69 Å². The molecule has 1 unspecified atom stereocenters. The Morgan fingerprint density at radius 2 is 1.63 bits per heavy atom. The van der Waals surface area contributed by atoms with Crippen LogP contribution in [0.25, 0.3) is 0 Å². The molecule has 2 aromatic carbocycles. The van der Waals surface area contributed by atoms with Crippen LogP contribution in [0.15, 0.2) is 48.5 Å². The van der Waals surface area contributed by atoms with Gasteiger partial charge in [-0.05, 0) is 61.7 Å². The smallest absolute Gasteiger partial charge is 0.240 e. The lowest BCUT2D eigenvalue weighted by atomic mass is 10.1. The molecule has 3 amide bonds. The number of anilines is 1. The maximum atomic E-state index is 13.1. The molecule has 43 heavy (non-hydrogen) atoms. The number of hydrogen-bond donors (Lipinski definition) is 6. The lowest BCUT2D eigenvalue weighted by molar-refractivity contribution is -0.131. The second kappa shape index (κ2) is 18.7. The highest BCUT2D eigenvalue weighted by Crippen LogP contribution is 2.33. The summed E-state index contributed by atoms with van der Waals surface area (Å²) in [5.41, 5.74) is 9.52. The van der Waals surface area contributed by atoms with Crippen molar-refractivity contribution in [3.8, 4) is 0 Å². The third-order valence-corrected chi connectivity index (χ3v) is 8.93. The molecular weight excluding hydrogens is 586 g/mol. The van der Waals surface area contributed by atoms with Crippen LogP contribution in [0.3, 0.4) is 0 Å². The summed E-state index contributed by atoms with van der Waals surface area (Å²) in [4.78, 5) is 39.5. The standard InChI is InChI=1S/C31H46ClN7O3S/c1-3-34-16-18-36-27(40)7-5-6-22-10-14-25(15-11-22)38-21-26-30(42)39(4-2)31(43-26)28(33)29(41)37-19-17-35-20-23-8-12-24(32)13-9-23/h8-15,26,28,31,34-35,38H,3-7,16-21,33H2,1-2H3,(H,36,40)(H,37,41)/t26-,28-,31?/m1/s1. The minimum atomic E-state index is -0.829. The van der Waals surface area contributed by atoms with E-state index in [0.717, 1.165) is 42.7 Å². The molecule has 3 rings (SSSR count). The van der Waals surface area contributed by atoms with Crippen molar-refractivity contribution in [3.63, 3.8) is 0 Å². The van der Waals surface area contributed by atoms with Crippen molar-refractivity contribution in [2.24, 2.45) is 5.73 Å². The largest absolute Gasteiger partial charge is 0.383 e. The second-order valence-electron chi connectivity index (χ2n) is 10.4. The number of nitrogens with two attached hydrogens (primary N) is 1. The molecule has 1 aliphatic heterocycles. The van der Waals surface area contributed by atoms with Crippen molar-refractivity contribution in [2.75, 3.05) is 51.1 Å². The van der Waals surface area contributed by atoms with Crippen LogP contribution >= 0.6 is 23.4 Å². The summed E-state index contributed by atoms with van der Waals surface area (Å²) in [6.07, 6.45) is 2.11. The highest BCUT2D eigenvalue weighted by atomic mass is 35.5. The van der Waals surface area contributed by atoms with Gasteiger partial charge in [-0.25, -0.2) is 0 Å². The molecule has 0 radical (unpaired) electrons. The van der Waals surface area contributed by atoms with E-state index in [1.807, 2.05) is 62.4 Å². The molecular formula is C31H46ClN7O3S. The molecule has 236 valence electrons. The van der Waals surface area contributed by atoms with Gasteiger partial charge in [0.05, 0.1) is 0 Å². The molecule has 12 heteroatoms. The number of likely N-dealkylation sites (N-methyl/N-ethyl adjacent to an activating group) is 2. The van der Waals surface area contributed by atoms with Gasteiger partial charge >= 0.3 is 0 Å². The molecule has 1 aliphatic rings. The number of carbonyl (C=O) groups excluding carboxylic acids is 3. The normalized spacial score (nSPS) is 17.1. The molecule has 0 saturated carbocycles. The fourth-order valence-corrected chi connectivity index (χ4v) is 6.31. The Kier molecular flexibility index (Phi) is 15.1. The lowest BCUT2D eigenvalue weighted by Gasteiger charge is -2.26. The Morgan fingerprint density at radius 3 is 2.33 bits per heavy atom. The fourth-order valence-electron chi connectivity index (χ4n) is 4.72. The molecule has 0 spiro atoms. The first-order chi connectivity index (χ1) is 20.8. The van der Waals surface area contributed by atoms with Gasteiger partial charge < -0.3 is 37.2 Å². The average molecular weight is 632 g/mol. The Bertz CT molecular complexity index is 1150. The lowest BCUT2D eigenvalue weighted by Crippen LogP contribution is -2.53. The molecule has 1 heterocycles. The third-order valence-electron chi connectivity index (χ3n) is 7.15. The van der Waals surface area contributed by atoms with Crippen molar-refractivity contribution in [1.82, 2.24) is 26.2 Å². The number of amides is 3. The van der Waals surface area contributed by atoms with E-state index >= 15 is 0 Å². The van der Waals surface area contributed by atoms with Crippen LogP contribution in [0.5, 0.6) is 0 Å². The quantitative estimate of drug-likeness (QED) is 0.130. The number of nitrogens with zero attached hydrogens (tertiary/aromatic N) is 1. The van der Waals surface area contributed by atoms with Gasteiger partial charge in [0.15, 0.2) is 0 Å². The molecule has 1 saturated heterocycles. The summed E-state index contributed by atoms with van der Waals surface area (Å²) in [7, 11) is 0. The molecule has 1 fully saturated rings. The first-order valence-corrected chi connectivity index (χ1v) is 16.4. The molecule has 7 N–H and O–H groups in total. The number of halogens is 1. The van der Waals surface area contributed by atoms with E-state index < -0.39 is 11.4 Å². The Labute approximate surface area is 264 Å². The zero-order valence-electron chi connectivity index (χ0n) is 25.2. The average Bonchev–Trinajstić information content (AvgIpc) is 3.33. The molecule has 2 aromatic rings. The number of rotatable bonds is 19. The van der Waals surface area contributed by atoms with Crippen molar-refractivity contribution in [3.05, 3.63) is 64.7 Å². The van der Waals surface area contributed by atoms with E-state index in [0.29, 0.717) is 50.7 Å². The maximum Gasteiger partial charge on any atom is 0.240 e. The number of nitrogens with one attached hydrogen (secondary N) is 5. The number of carbonyl (C=O) groups is 3. The van der Waals surface area contributed by atoms with E-state index in [-0.39, 0.29) is 23.0 Å². The first kappa shape index (κ1) is 34.7. The van der Waals surface area contributed by atoms with Crippen LogP contribution in [0, 0.1) is 0 Å². The molecule has 3 atom stereocenters. The van der Waals surface area contributed by atoms with Crippen molar-refractivity contribution < 1.29 is 14.4 Å². The summed E-state index contributed by atoms with van der Waals surface area (Å²) in [5.74, 6) is -0.209. The summed E-state index contributed by atoms with van der Waals surface area (Å²) in [6, 6.07) is 14.8.